The van der Waals surface area contributed by atoms with Gasteiger partial charge in [-0.1, -0.05) is 31.9 Å². The van der Waals surface area contributed by atoms with Crippen molar-refractivity contribution in [2.24, 2.45) is 0 Å². The highest BCUT2D eigenvalue weighted by Crippen LogP contribution is 2.34. The van der Waals surface area contributed by atoms with Crippen LogP contribution in [0, 0.1) is 0 Å². The summed E-state index contributed by atoms with van der Waals surface area (Å²) in [6, 6.07) is 6.72. The highest BCUT2D eigenvalue weighted by molar-refractivity contribution is 7.89. The number of nitrogens with one attached hydrogen (secondary N) is 1. The van der Waals surface area contributed by atoms with Crippen molar-refractivity contribution in [1.82, 2.24) is 4.72 Å². The second-order valence-electron chi connectivity index (χ2n) is 5.66. The standard InChI is InChI=1S/C15H21NO4S/c1-2-12-5-7-13(8-6-12)21(19,20)16-15(11-14(17)18)9-3-4-10-15/h5-8,16H,2-4,9-11H2,1H3,(H,17,18). The molecule has 2 rings (SSSR count). The fourth-order valence-electron chi connectivity index (χ4n) is 2.90. The van der Waals surface area contributed by atoms with Gasteiger partial charge in [0.2, 0.25) is 10.0 Å². The molecule has 0 aliphatic heterocycles. The lowest BCUT2D eigenvalue weighted by Gasteiger charge is -2.28. The van der Waals surface area contributed by atoms with Gasteiger partial charge in [0, 0.05) is 5.54 Å². The highest BCUT2D eigenvalue weighted by Gasteiger charge is 2.39. The lowest BCUT2D eigenvalue weighted by atomic mass is 9.95. The van der Waals surface area contributed by atoms with E-state index < -0.39 is 21.5 Å². The Morgan fingerprint density at radius 3 is 2.29 bits per heavy atom. The van der Waals surface area contributed by atoms with Crippen molar-refractivity contribution < 1.29 is 18.3 Å². The van der Waals surface area contributed by atoms with Crippen LogP contribution in [0.25, 0.3) is 0 Å². The van der Waals surface area contributed by atoms with Crippen LogP contribution in [-0.4, -0.2) is 25.0 Å². The molecule has 1 saturated carbocycles. The summed E-state index contributed by atoms with van der Waals surface area (Å²) in [7, 11) is -3.69. The van der Waals surface area contributed by atoms with Crippen LogP contribution < -0.4 is 4.72 Å². The molecule has 0 unspecified atom stereocenters. The molecule has 21 heavy (non-hydrogen) atoms. The lowest BCUT2D eigenvalue weighted by Crippen LogP contribution is -2.47. The number of aliphatic carboxylic acids is 1. The summed E-state index contributed by atoms with van der Waals surface area (Å²) >= 11 is 0. The second-order valence-corrected chi connectivity index (χ2v) is 7.34. The van der Waals surface area contributed by atoms with E-state index in [4.69, 9.17) is 5.11 Å². The van der Waals surface area contributed by atoms with Gasteiger partial charge in [0.1, 0.15) is 0 Å². The fourth-order valence-corrected chi connectivity index (χ4v) is 4.36. The molecule has 0 aromatic heterocycles. The van der Waals surface area contributed by atoms with Crippen LogP contribution in [-0.2, 0) is 21.2 Å². The average Bonchev–Trinajstić information content (AvgIpc) is 2.85. The molecule has 0 heterocycles. The topological polar surface area (TPSA) is 83.5 Å². The van der Waals surface area contributed by atoms with Gasteiger partial charge >= 0.3 is 5.97 Å². The van der Waals surface area contributed by atoms with Crippen molar-refractivity contribution >= 4 is 16.0 Å². The first-order chi connectivity index (χ1) is 9.87. The second kappa shape index (κ2) is 6.15. The number of aryl methyl sites for hydroxylation is 1. The van der Waals surface area contributed by atoms with Crippen molar-refractivity contribution in [3.63, 3.8) is 0 Å². The number of benzene rings is 1. The quantitative estimate of drug-likeness (QED) is 0.844. The predicted octanol–water partition coefficient (Wildman–Crippen LogP) is 2.31. The van der Waals surface area contributed by atoms with Gasteiger partial charge in [0.15, 0.2) is 0 Å². The normalized spacial score (nSPS) is 17.8. The van der Waals surface area contributed by atoms with E-state index in [1.165, 1.54) is 0 Å². The van der Waals surface area contributed by atoms with E-state index in [9.17, 15) is 13.2 Å². The van der Waals surface area contributed by atoms with Gasteiger partial charge in [-0.2, -0.15) is 0 Å². The van der Waals surface area contributed by atoms with Crippen molar-refractivity contribution in [1.29, 1.82) is 0 Å². The average molecular weight is 311 g/mol. The van der Waals surface area contributed by atoms with Gasteiger partial charge in [0.25, 0.3) is 0 Å². The minimum absolute atomic E-state index is 0.167. The smallest absolute Gasteiger partial charge is 0.305 e. The molecule has 6 heteroatoms. The molecule has 1 aliphatic rings. The Morgan fingerprint density at radius 2 is 1.81 bits per heavy atom. The molecule has 1 aromatic rings. The van der Waals surface area contributed by atoms with Gasteiger partial charge in [-0.3, -0.25) is 4.79 Å². The van der Waals surface area contributed by atoms with E-state index in [0.29, 0.717) is 12.8 Å². The van der Waals surface area contributed by atoms with Crippen molar-refractivity contribution in [2.75, 3.05) is 0 Å². The Labute approximate surface area is 125 Å². The predicted molar refractivity (Wildman–Crippen MR) is 79.6 cm³/mol. The monoisotopic (exact) mass is 311 g/mol. The van der Waals surface area contributed by atoms with Crippen LogP contribution in [0.4, 0.5) is 0 Å². The van der Waals surface area contributed by atoms with E-state index in [1.807, 2.05) is 6.92 Å². The number of sulfonamides is 1. The molecular weight excluding hydrogens is 290 g/mol. The van der Waals surface area contributed by atoms with E-state index >= 15 is 0 Å². The molecule has 0 bridgehead atoms. The number of rotatable bonds is 6. The van der Waals surface area contributed by atoms with E-state index in [1.54, 1.807) is 24.3 Å². The maximum atomic E-state index is 12.5. The molecule has 1 aliphatic carbocycles. The summed E-state index contributed by atoms with van der Waals surface area (Å²) in [6.45, 7) is 2.00. The SMILES string of the molecule is CCc1ccc(S(=O)(=O)NC2(CC(=O)O)CCCC2)cc1. The Kier molecular flexibility index (Phi) is 4.68. The van der Waals surface area contributed by atoms with Gasteiger partial charge < -0.3 is 5.11 Å². The van der Waals surface area contributed by atoms with Crippen molar-refractivity contribution in [3.05, 3.63) is 29.8 Å². The summed E-state index contributed by atoms with van der Waals surface area (Å²) < 4.78 is 27.6. The van der Waals surface area contributed by atoms with Gasteiger partial charge in [-0.05, 0) is 37.0 Å². The minimum atomic E-state index is -3.69. The number of carboxylic acids is 1. The summed E-state index contributed by atoms with van der Waals surface area (Å²) in [5.74, 6) is -0.971. The van der Waals surface area contributed by atoms with Crippen molar-refractivity contribution in [2.45, 2.75) is 55.9 Å². The van der Waals surface area contributed by atoms with Gasteiger partial charge in [-0.15, -0.1) is 0 Å². The third kappa shape index (κ3) is 3.83. The summed E-state index contributed by atoms with van der Waals surface area (Å²) in [6.07, 6.45) is 3.53. The zero-order chi connectivity index (χ0) is 15.5. The zero-order valence-corrected chi connectivity index (χ0v) is 12.9. The maximum Gasteiger partial charge on any atom is 0.305 e. The number of carboxylic acid groups (broad SMARTS) is 1. The largest absolute Gasteiger partial charge is 0.481 e. The van der Waals surface area contributed by atoms with Crippen LogP contribution in [0.5, 0.6) is 0 Å². The molecule has 0 radical (unpaired) electrons. The highest BCUT2D eigenvalue weighted by atomic mass is 32.2. The van der Waals surface area contributed by atoms with Crippen LogP contribution in [0.1, 0.15) is 44.6 Å². The molecule has 116 valence electrons. The first-order valence-electron chi connectivity index (χ1n) is 7.22. The summed E-state index contributed by atoms with van der Waals surface area (Å²) in [5.41, 5.74) is 0.226. The number of hydrogen-bond acceptors (Lipinski definition) is 3. The van der Waals surface area contributed by atoms with E-state index in [0.717, 1.165) is 24.8 Å². The first kappa shape index (κ1) is 16.0. The number of hydrogen-bond donors (Lipinski definition) is 2. The van der Waals surface area contributed by atoms with Gasteiger partial charge in [0.05, 0.1) is 11.3 Å². The first-order valence-corrected chi connectivity index (χ1v) is 8.70. The van der Waals surface area contributed by atoms with Crippen LogP contribution in [0.15, 0.2) is 29.2 Å². The Balaban J connectivity index is 2.23. The third-order valence-corrected chi connectivity index (χ3v) is 5.64. The molecule has 0 spiro atoms. The van der Waals surface area contributed by atoms with Gasteiger partial charge in [-0.25, -0.2) is 13.1 Å². The molecule has 1 aromatic carbocycles. The maximum absolute atomic E-state index is 12.5. The lowest BCUT2D eigenvalue weighted by molar-refractivity contribution is -0.138. The van der Waals surface area contributed by atoms with Crippen LogP contribution >= 0.6 is 0 Å². The molecular formula is C15H21NO4S. The summed E-state index contributed by atoms with van der Waals surface area (Å²) in [4.78, 5) is 11.2. The molecule has 0 saturated heterocycles. The summed E-state index contributed by atoms with van der Waals surface area (Å²) in [5, 5.41) is 9.04. The Bertz CT molecular complexity index is 601. The molecule has 5 nitrogen and oxygen atoms in total. The van der Waals surface area contributed by atoms with Crippen LogP contribution in [0.3, 0.4) is 0 Å². The zero-order valence-electron chi connectivity index (χ0n) is 12.1. The molecule has 1 fully saturated rings. The Hall–Kier alpha value is -1.40. The minimum Gasteiger partial charge on any atom is -0.481 e. The fraction of sp³-hybridized carbons (Fsp3) is 0.533. The van der Waals surface area contributed by atoms with E-state index in [-0.39, 0.29) is 11.3 Å². The van der Waals surface area contributed by atoms with E-state index in [2.05, 4.69) is 4.72 Å². The molecule has 0 amide bonds. The van der Waals surface area contributed by atoms with Crippen molar-refractivity contribution in [3.8, 4) is 0 Å². The third-order valence-electron chi connectivity index (χ3n) is 4.04. The number of carbonyl (C=O) groups is 1. The van der Waals surface area contributed by atoms with Crippen LogP contribution in [0.2, 0.25) is 0 Å². The molecule has 2 N–H and O–H groups in total. The molecule has 0 atom stereocenters. The Morgan fingerprint density at radius 1 is 1.24 bits per heavy atom.